The molecule has 0 fully saturated rings. The Bertz CT molecular complexity index is 1190. The van der Waals surface area contributed by atoms with E-state index in [1.807, 2.05) is 11.1 Å². The molecule has 1 aromatic carbocycles. The number of benzene rings is 1. The fourth-order valence-corrected chi connectivity index (χ4v) is 4.79. The lowest BCUT2D eigenvalue weighted by atomic mass is 10.1. The molecule has 0 saturated heterocycles. The second-order valence-corrected chi connectivity index (χ2v) is 8.86. The van der Waals surface area contributed by atoms with Crippen LogP contribution in [0.3, 0.4) is 0 Å². The zero-order chi connectivity index (χ0) is 22.2. The van der Waals surface area contributed by atoms with Crippen LogP contribution in [0.4, 0.5) is 5.95 Å². The number of carbonyl (C=O) groups excluding carboxylic acids is 1. The second-order valence-electron chi connectivity index (χ2n) is 8.86. The van der Waals surface area contributed by atoms with Crippen LogP contribution in [0.5, 0.6) is 0 Å². The largest absolute Gasteiger partial charge is 0.351 e. The third-order valence-corrected chi connectivity index (χ3v) is 6.51. The maximum Gasteiger partial charge on any atom is 0.257 e. The Morgan fingerprint density at radius 2 is 2.00 bits per heavy atom. The lowest BCUT2D eigenvalue weighted by Gasteiger charge is -2.28. The fraction of sp³-hybridized carbons (Fsp3) is 0.391. The highest BCUT2D eigenvalue weighted by molar-refractivity contribution is 5.93. The highest BCUT2D eigenvalue weighted by atomic mass is 16.2. The van der Waals surface area contributed by atoms with Crippen LogP contribution in [0, 0.1) is 0 Å². The molecular weight excluding hydrogens is 418 g/mol. The molecule has 3 aliphatic rings. The summed E-state index contributed by atoms with van der Waals surface area (Å²) in [5.41, 5.74) is 8.33. The summed E-state index contributed by atoms with van der Waals surface area (Å²) in [6.45, 7) is 2.39. The summed E-state index contributed by atoms with van der Waals surface area (Å²) in [4.78, 5) is 24.2. The number of hydrogen-bond acceptors (Lipinski definition) is 8. The van der Waals surface area contributed by atoms with Crippen molar-refractivity contribution in [2.24, 2.45) is 10.3 Å². The van der Waals surface area contributed by atoms with Gasteiger partial charge < -0.3 is 10.2 Å². The van der Waals surface area contributed by atoms with Gasteiger partial charge in [-0.3, -0.25) is 14.9 Å². The van der Waals surface area contributed by atoms with Crippen molar-refractivity contribution in [2.45, 2.75) is 44.4 Å². The number of anilines is 1. The maximum absolute atomic E-state index is 13.0. The predicted molar refractivity (Wildman–Crippen MR) is 121 cm³/mol. The summed E-state index contributed by atoms with van der Waals surface area (Å²) < 4.78 is 1.77. The van der Waals surface area contributed by atoms with E-state index in [9.17, 15) is 4.79 Å². The van der Waals surface area contributed by atoms with Crippen LogP contribution < -0.4 is 10.7 Å². The minimum absolute atomic E-state index is 0.0217. The van der Waals surface area contributed by atoms with Crippen molar-refractivity contribution in [1.29, 1.82) is 0 Å². The van der Waals surface area contributed by atoms with Crippen molar-refractivity contribution < 1.29 is 4.79 Å². The van der Waals surface area contributed by atoms with Gasteiger partial charge in [0.1, 0.15) is 0 Å². The molecule has 0 spiro atoms. The van der Waals surface area contributed by atoms with Crippen molar-refractivity contribution in [1.82, 2.24) is 30.1 Å². The Morgan fingerprint density at radius 3 is 2.79 bits per heavy atom. The molecule has 0 radical (unpaired) electrons. The summed E-state index contributed by atoms with van der Waals surface area (Å²) in [7, 11) is 0. The van der Waals surface area contributed by atoms with Gasteiger partial charge in [0.15, 0.2) is 0 Å². The number of aromatic nitrogens is 4. The van der Waals surface area contributed by atoms with Gasteiger partial charge in [0.05, 0.1) is 36.6 Å². The lowest BCUT2D eigenvalue weighted by Crippen LogP contribution is -2.36. The number of hydrogen-bond donors (Lipinski definition) is 2. The molecule has 2 aliphatic heterocycles. The Labute approximate surface area is 191 Å². The molecule has 0 saturated carbocycles. The third kappa shape index (κ3) is 4.04. The highest BCUT2D eigenvalue weighted by Crippen LogP contribution is 2.25. The smallest absolute Gasteiger partial charge is 0.257 e. The average Bonchev–Trinajstić information content (AvgIpc) is 3.59. The summed E-state index contributed by atoms with van der Waals surface area (Å²) in [6.07, 6.45) is 7.98. The van der Waals surface area contributed by atoms with Crippen LogP contribution in [-0.2, 0) is 32.4 Å². The highest BCUT2D eigenvalue weighted by Gasteiger charge is 2.26. The predicted octanol–water partition coefficient (Wildman–Crippen LogP) is 1.79. The van der Waals surface area contributed by atoms with Crippen molar-refractivity contribution in [3.05, 3.63) is 70.8 Å². The number of amides is 1. The topological polar surface area (TPSA) is 113 Å². The Morgan fingerprint density at radius 1 is 1.15 bits per heavy atom. The van der Waals surface area contributed by atoms with E-state index in [0.29, 0.717) is 50.2 Å². The number of carbonyl (C=O) groups is 1. The fourth-order valence-electron chi connectivity index (χ4n) is 4.79. The van der Waals surface area contributed by atoms with Crippen molar-refractivity contribution in [2.75, 3.05) is 18.4 Å². The monoisotopic (exact) mass is 443 g/mol. The number of fused-ring (bicyclic) bond motifs is 2. The molecule has 3 aromatic rings. The van der Waals surface area contributed by atoms with E-state index in [4.69, 9.17) is 4.98 Å². The molecule has 1 aliphatic carbocycles. The first-order valence-electron chi connectivity index (χ1n) is 11.3. The van der Waals surface area contributed by atoms with Gasteiger partial charge in [-0.15, -0.1) is 0 Å². The van der Waals surface area contributed by atoms with E-state index in [1.54, 1.807) is 17.1 Å². The van der Waals surface area contributed by atoms with Gasteiger partial charge in [0, 0.05) is 43.5 Å². The van der Waals surface area contributed by atoms with Crippen molar-refractivity contribution in [3.8, 4) is 0 Å². The molecule has 0 bridgehead atoms. The van der Waals surface area contributed by atoms with E-state index in [2.05, 4.69) is 55.4 Å². The van der Waals surface area contributed by atoms with Gasteiger partial charge in [-0.2, -0.15) is 10.2 Å². The first kappa shape index (κ1) is 19.8. The molecule has 1 amide bonds. The zero-order valence-corrected chi connectivity index (χ0v) is 18.2. The molecule has 2 N–H and O–H groups in total. The summed E-state index contributed by atoms with van der Waals surface area (Å²) >= 11 is 0. The van der Waals surface area contributed by atoms with Crippen LogP contribution in [0.2, 0.25) is 0 Å². The van der Waals surface area contributed by atoms with Crippen LogP contribution in [0.25, 0.3) is 0 Å². The van der Waals surface area contributed by atoms with E-state index < -0.39 is 0 Å². The quantitative estimate of drug-likeness (QED) is 0.622. The zero-order valence-electron chi connectivity index (χ0n) is 18.2. The van der Waals surface area contributed by atoms with Gasteiger partial charge in [-0.1, -0.05) is 29.5 Å². The summed E-state index contributed by atoms with van der Waals surface area (Å²) in [5, 5.41) is 15.5. The summed E-state index contributed by atoms with van der Waals surface area (Å²) in [6, 6.07) is 9.00. The van der Waals surface area contributed by atoms with Crippen LogP contribution >= 0.6 is 0 Å². The minimum Gasteiger partial charge on any atom is -0.351 e. The van der Waals surface area contributed by atoms with E-state index in [0.717, 1.165) is 24.1 Å². The molecule has 10 heteroatoms. The molecule has 1 unspecified atom stereocenters. The number of rotatable bonds is 5. The van der Waals surface area contributed by atoms with Crippen molar-refractivity contribution in [3.63, 3.8) is 0 Å². The molecule has 1 atom stereocenters. The van der Waals surface area contributed by atoms with Crippen LogP contribution in [-0.4, -0.2) is 55.7 Å². The van der Waals surface area contributed by atoms with Gasteiger partial charge in [0.2, 0.25) is 5.95 Å². The molecular formula is C23H25N9O. The molecule has 2 aromatic heterocycles. The Kier molecular flexibility index (Phi) is 4.97. The number of nitrogens with one attached hydrogen (secondary N) is 2. The molecule has 10 nitrogen and oxygen atoms in total. The second kappa shape index (κ2) is 8.27. The van der Waals surface area contributed by atoms with Crippen LogP contribution in [0.15, 0.2) is 53.2 Å². The first-order valence-corrected chi connectivity index (χ1v) is 11.3. The SMILES string of the molecule is O=C(c1cnn(CC2CN=NN2)c1)N1CCc2nc(NC3Cc4ccccc4C3)ncc2C1. The lowest BCUT2D eigenvalue weighted by molar-refractivity contribution is 0.0733. The van der Waals surface area contributed by atoms with E-state index in [-0.39, 0.29) is 11.9 Å². The van der Waals surface area contributed by atoms with Gasteiger partial charge in [-0.25, -0.2) is 9.97 Å². The standard InChI is InChI=1S/C23H25N9O/c33-22(18-10-26-32(13-18)14-20-11-25-30-29-20)31-6-5-21-17(12-31)9-24-23(28-21)27-19-7-15-3-1-2-4-16(15)8-19/h1-4,9-10,13,19-20H,5-8,11-12,14H2,(H,25,29)(H,24,27,28). The molecule has 4 heterocycles. The summed E-state index contributed by atoms with van der Waals surface area (Å²) in [5.74, 6) is 0.651. The molecule has 6 rings (SSSR count). The Hall–Kier alpha value is -3.82. The molecule has 33 heavy (non-hydrogen) atoms. The Balaban J connectivity index is 1.08. The number of nitrogens with zero attached hydrogens (tertiary/aromatic N) is 7. The normalized spacial score (nSPS) is 19.3. The van der Waals surface area contributed by atoms with E-state index >= 15 is 0 Å². The van der Waals surface area contributed by atoms with Crippen LogP contribution in [0.1, 0.15) is 32.7 Å². The van der Waals surface area contributed by atoms with Gasteiger partial charge in [-0.05, 0) is 24.0 Å². The van der Waals surface area contributed by atoms with Gasteiger partial charge >= 0.3 is 0 Å². The van der Waals surface area contributed by atoms with Crippen molar-refractivity contribution >= 4 is 11.9 Å². The van der Waals surface area contributed by atoms with E-state index in [1.165, 1.54) is 11.1 Å². The van der Waals surface area contributed by atoms with Gasteiger partial charge in [0.25, 0.3) is 5.91 Å². The molecule has 168 valence electrons. The maximum atomic E-state index is 13.0. The first-order chi connectivity index (χ1) is 16.2. The average molecular weight is 444 g/mol. The third-order valence-electron chi connectivity index (χ3n) is 6.51. The minimum atomic E-state index is -0.0217.